The fourth-order valence-electron chi connectivity index (χ4n) is 3.24. The van der Waals surface area contributed by atoms with Crippen molar-refractivity contribution in [3.63, 3.8) is 0 Å². The molecule has 0 bridgehead atoms. The molecule has 144 valence electrons. The summed E-state index contributed by atoms with van der Waals surface area (Å²) in [5.74, 6) is 1.29. The highest BCUT2D eigenvalue weighted by Crippen LogP contribution is 2.39. The molecule has 0 saturated heterocycles. The zero-order chi connectivity index (χ0) is 19.7. The lowest BCUT2D eigenvalue weighted by Crippen LogP contribution is -2.39. The highest BCUT2D eigenvalue weighted by atomic mass is 32.1. The van der Waals surface area contributed by atoms with E-state index in [1.165, 1.54) is 0 Å². The molecule has 1 amide bonds. The third-order valence-electron chi connectivity index (χ3n) is 4.79. The molecular weight excluding hydrogens is 370 g/mol. The van der Waals surface area contributed by atoms with E-state index in [1.54, 1.807) is 17.5 Å². The van der Waals surface area contributed by atoms with Gasteiger partial charge in [-0.05, 0) is 49.6 Å². The number of hydrogen-bond donors (Lipinski definition) is 0. The Morgan fingerprint density at radius 3 is 2.86 bits per heavy atom. The highest BCUT2D eigenvalue weighted by Gasteiger charge is 2.26. The zero-order valence-corrected chi connectivity index (χ0v) is 17.1. The molecule has 3 heterocycles. The van der Waals surface area contributed by atoms with Crippen molar-refractivity contribution >= 4 is 22.9 Å². The van der Waals surface area contributed by atoms with Gasteiger partial charge in [0.25, 0.3) is 5.91 Å². The number of pyridine rings is 1. The third-order valence-corrected chi connectivity index (χ3v) is 5.78. The Hall–Kier alpha value is -2.73. The van der Waals surface area contributed by atoms with Crippen molar-refractivity contribution in [3.05, 3.63) is 47.5 Å². The number of benzene rings is 1. The van der Waals surface area contributed by atoms with Crippen molar-refractivity contribution in [2.75, 3.05) is 18.1 Å². The van der Waals surface area contributed by atoms with Crippen LogP contribution in [0.2, 0.25) is 0 Å². The van der Waals surface area contributed by atoms with Crippen LogP contribution in [-0.4, -0.2) is 29.0 Å². The molecule has 0 aliphatic carbocycles. The van der Waals surface area contributed by atoms with E-state index in [0.29, 0.717) is 12.5 Å². The lowest BCUT2D eigenvalue weighted by Gasteiger charge is -2.30. The molecule has 0 spiro atoms. The normalized spacial score (nSPS) is 13.6. The van der Waals surface area contributed by atoms with Gasteiger partial charge in [0.05, 0.1) is 17.1 Å². The van der Waals surface area contributed by atoms with Crippen LogP contribution >= 0.6 is 11.3 Å². The van der Waals surface area contributed by atoms with Crippen LogP contribution in [0.25, 0.3) is 22.0 Å². The van der Waals surface area contributed by atoms with Crippen molar-refractivity contribution in [2.45, 2.75) is 27.2 Å². The number of nitrogens with zero attached hydrogens (tertiary/aromatic N) is 3. The van der Waals surface area contributed by atoms with E-state index in [-0.39, 0.29) is 12.5 Å². The Kier molecular flexibility index (Phi) is 5.13. The van der Waals surface area contributed by atoms with Gasteiger partial charge in [0.15, 0.2) is 6.61 Å². The molecule has 0 atom stereocenters. The van der Waals surface area contributed by atoms with Crippen molar-refractivity contribution in [1.29, 1.82) is 0 Å². The van der Waals surface area contributed by atoms with Crippen LogP contribution in [-0.2, 0) is 4.79 Å². The van der Waals surface area contributed by atoms with Gasteiger partial charge < -0.3 is 9.64 Å². The van der Waals surface area contributed by atoms with Gasteiger partial charge in [-0.15, -0.1) is 11.3 Å². The van der Waals surface area contributed by atoms with Crippen molar-refractivity contribution in [1.82, 2.24) is 9.97 Å². The maximum absolute atomic E-state index is 12.5. The number of thiazole rings is 1. The summed E-state index contributed by atoms with van der Waals surface area (Å²) in [6.07, 6.45) is 2.73. The van der Waals surface area contributed by atoms with E-state index in [1.807, 2.05) is 41.3 Å². The van der Waals surface area contributed by atoms with E-state index in [9.17, 15) is 4.79 Å². The first kappa shape index (κ1) is 18.6. The number of anilines is 1. The van der Waals surface area contributed by atoms with Gasteiger partial charge in [0.1, 0.15) is 10.8 Å². The van der Waals surface area contributed by atoms with Crippen LogP contribution in [0.4, 0.5) is 5.69 Å². The molecule has 0 radical (unpaired) electrons. The molecule has 1 aliphatic rings. The monoisotopic (exact) mass is 393 g/mol. The molecule has 3 aromatic rings. The second-order valence-corrected chi connectivity index (χ2v) is 8.54. The van der Waals surface area contributed by atoms with E-state index in [2.05, 4.69) is 25.8 Å². The lowest BCUT2D eigenvalue weighted by molar-refractivity contribution is -0.121. The predicted molar refractivity (Wildman–Crippen MR) is 113 cm³/mol. The second kappa shape index (κ2) is 7.72. The van der Waals surface area contributed by atoms with Gasteiger partial charge in [0, 0.05) is 23.2 Å². The minimum atomic E-state index is 0.00877. The highest BCUT2D eigenvalue weighted by molar-refractivity contribution is 7.15. The van der Waals surface area contributed by atoms with Crippen LogP contribution in [0, 0.1) is 12.8 Å². The SMILES string of the molecule is Cc1sc(-c2ccccn2)nc1-c1ccc2c(c1)N(CCC(C)C)C(=O)CO2. The zero-order valence-electron chi connectivity index (χ0n) is 16.3. The Morgan fingerprint density at radius 1 is 1.25 bits per heavy atom. The molecule has 2 aromatic heterocycles. The number of carbonyl (C=O) groups is 1. The summed E-state index contributed by atoms with van der Waals surface area (Å²) in [6.45, 7) is 7.20. The maximum atomic E-state index is 12.5. The summed E-state index contributed by atoms with van der Waals surface area (Å²) in [5, 5.41) is 0.898. The standard InChI is InChI=1S/C22H23N3O2S/c1-14(2)9-11-25-18-12-16(7-8-19(18)27-13-20(25)26)21-15(3)28-22(24-21)17-6-4-5-10-23-17/h4-8,10,12,14H,9,11,13H2,1-3H3. The number of aromatic nitrogens is 2. The average molecular weight is 394 g/mol. The van der Waals surface area contributed by atoms with Gasteiger partial charge in [-0.25, -0.2) is 4.98 Å². The topological polar surface area (TPSA) is 55.3 Å². The number of rotatable bonds is 5. The maximum Gasteiger partial charge on any atom is 0.265 e. The van der Waals surface area contributed by atoms with E-state index in [4.69, 9.17) is 9.72 Å². The van der Waals surface area contributed by atoms with Gasteiger partial charge in [-0.2, -0.15) is 0 Å². The van der Waals surface area contributed by atoms with Crippen LogP contribution < -0.4 is 9.64 Å². The Labute approximate surface area is 169 Å². The molecular formula is C22H23N3O2S. The first-order valence-corrected chi connectivity index (χ1v) is 10.3. The van der Waals surface area contributed by atoms with Crippen LogP contribution in [0.5, 0.6) is 5.75 Å². The van der Waals surface area contributed by atoms with Crippen LogP contribution in [0.1, 0.15) is 25.1 Å². The van der Waals surface area contributed by atoms with Crippen LogP contribution in [0.15, 0.2) is 42.6 Å². The average Bonchev–Trinajstić information content (AvgIpc) is 3.09. The van der Waals surface area contributed by atoms with Gasteiger partial charge in [-0.1, -0.05) is 19.9 Å². The molecule has 0 saturated carbocycles. The molecule has 1 aliphatic heterocycles. The van der Waals surface area contributed by atoms with Gasteiger partial charge >= 0.3 is 0 Å². The van der Waals surface area contributed by atoms with Crippen molar-refractivity contribution in [3.8, 4) is 27.7 Å². The fourth-order valence-corrected chi connectivity index (χ4v) is 4.16. The molecule has 28 heavy (non-hydrogen) atoms. The second-order valence-electron chi connectivity index (χ2n) is 7.34. The Morgan fingerprint density at radius 2 is 2.11 bits per heavy atom. The number of carbonyl (C=O) groups excluding carboxylic acids is 1. The fraction of sp³-hybridized carbons (Fsp3) is 0.318. The van der Waals surface area contributed by atoms with E-state index < -0.39 is 0 Å². The summed E-state index contributed by atoms with van der Waals surface area (Å²) in [6, 6.07) is 11.8. The first-order chi connectivity index (χ1) is 13.5. The van der Waals surface area contributed by atoms with Gasteiger partial charge in [0.2, 0.25) is 0 Å². The third kappa shape index (κ3) is 3.64. The van der Waals surface area contributed by atoms with Crippen molar-refractivity contribution in [2.24, 2.45) is 5.92 Å². The molecule has 1 aromatic carbocycles. The lowest BCUT2D eigenvalue weighted by atomic mass is 10.1. The Bertz CT molecular complexity index is 998. The number of fused-ring (bicyclic) bond motifs is 1. The number of hydrogen-bond acceptors (Lipinski definition) is 5. The molecule has 0 unspecified atom stereocenters. The summed E-state index contributed by atoms with van der Waals surface area (Å²) in [5.41, 5.74) is 3.62. The minimum Gasteiger partial charge on any atom is -0.482 e. The number of ether oxygens (including phenoxy) is 1. The quantitative estimate of drug-likeness (QED) is 0.615. The first-order valence-electron chi connectivity index (χ1n) is 9.49. The van der Waals surface area contributed by atoms with Crippen LogP contribution in [0.3, 0.4) is 0 Å². The molecule has 0 fully saturated rings. The summed E-state index contributed by atoms with van der Waals surface area (Å²) in [7, 11) is 0. The smallest absolute Gasteiger partial charge is 0.265 e. The number of aryl methyl sites for hydroxylation is 1. The largest absolute Gasteiger partial charge is 0.482 e. The minimum absolute atomic E-state index is 0.00877. The van der Waals surface area contributed by atoms with E-state index >= 15 is 0 Å². The van der Waals surface area contributed by atoms with Crippen molar-refractivity contribution < 1.29 is 9.53 Å². The predicted octanol–water partition coefficient (Wildman–Crippen LogP) is 4.95. The van der Waals surface area contributed by atoms with Gasteiger partial charge in [-0.3, -0.25) is 9.78 Å². The summed E-state index contributed by atoms with van der Waals surface area (Å²) >= 11 is 1.63. The molecule has 0 N–H and O–H groups in total. The number of amides is 1. The Balaban J connectivity index is 1.71. The molecule has 5 nitrogen and oxygen atoms in total. The summed E-state index contributed by atoms with van der Waals surface area (Å²) in [4.78, 5) is 24.7. The molecule has 6 heteroatoms. The molecule has 4 rings (SSSR count). The van der Waals surface area contributed by atoms with E-state index in [0.717, 1.165) is 44.7 Å². The summed E-state index contributed by atoms with van der Waals surface area (Å²) < 4.78 is 5.65.